The molecule has 1 heterocycles. The molecule has 0 amide bonds. The van der Waals surface area contributed by atoms with Gasteiger partial charge in [-0.25, -0.2) is 0 Å². The van der Waals surface area contributed by atoms with Crippen LogP contribution >= 0.6 is 27.5 Å². The van der Waals surface area contributed by atoms with Crippen LogP contribution in [0, 0.1) is 0 Å². The van der Waals surface area contributed by atoms with Crippen molar-refractivity contribution in [1.82, 2.24) is 0 Å². The fourth-order valence-electron chi connectivity index (χ4n) is 1.42. The number of benzene rings is 1. The Hall–Kier alpha value is -0.290. The molecule has 3 nitrogen and oxygen atoms in total. The first-order valence-electron chi connectivity index (χ1n) is 4.48. The number of halogens is 2. The Morgan fingerprint density at radius 2 is 2.07 bits per heavy atom. The Bertz CT molecular complexity index is 364. The molecule has 2 rings (SSSR count). The second-order valence-electron chi connectivity index (χ2n) is 3.08. The molecule has 0 bridgehead atoms. The molecule has 0 N–H and O–H groups in total. The number of rotatable bonds is 2. The molecule has 1 aliphatic heterocycles. The van der Waals surface area contributed by atoms with E-state index in [1.54, 1.807) is 13.2 Å². The van der Waals surface area contributed by atoms with Gasteiger partial charge in [-0.15, -0.1) is 0 Å². The second kappa shape index (κ2) is 4.70. The maximum Gasteiger partial charge on any atom is 0.185 e. The first-order chi connectivity index (χ1) is 7.22. The predicted molar refractivity (Wildman–Crippen MR) is 60.3 cm³/mol. The third-order valence-corrected chi connectivity index (χ3v) is 3.13. The van der Waals surface area contributed by atoms with Crippen molar-refractivity contribution in [1.29, 1.82) is 0 Å². The highest BCUT2D eigenvalue weighted by molar-refractivity contribution is 9.10. The van der Waals surface area contributed by atoms with Gasteiger partial charge >= 0.3 is 0 Å². The minimum Gasteiger partial charge on any atom is -0.495 e. The molecule has 0 atom stereocenters. The standard InChI is InChI=1S/C10H10BrClO3/c1-13-9-5-7(11)6(4-8(9)12)10-14-2-3-15-10/h4-5,10H,2-3H2,1H3. The van der Waals surface area contributed by atoms with E-state index in [2.05, 4.69) is 15.9 Å². The summed E-state index contributed by atoms with van der Waals surface area (Å²) in [5.41, 5.74) is 0.887. The molecule has 0 radical (unpaired) electrons. The summed E-state index contributed by atoms with van der Waals surface area (Å²) in [7, 11) is 1.58. The molecule has 1 saturated heterocycles. The number of hydrogen-bond donors (Lipinski definition) is 0. The van der Waals surface area contributed by atoms with E-state index in [0.29, 0.717) is 24.0 Å². The van der Waals surface area contributed by atoms with E-state index in [1.807, 2.05) is 6.07 Å². The van der Waals surface area contributed by atoms with Gasteiger partial charge in [0.2, 0.25) is 0 Å². The summed E-state index contributed by atoms with van der Waals surface area (Å²) in [6, 6.07) is 3.60. The zero-order valence-electron chi connectivity index (χ0n) is 8.13. The van der Waals surface area contributed by atoms with Gasteiger partial charge in [0, 0.05) is 10.0 Å². The first kappa shape index (κ1) is 11.2. The molecule has 5 heteroatoms. The van der Waals surface area contributed by atoms with Gasteiger partial charge in [0.15, 0.2) is 6.29 Å². The average Bonchev–Trinajstić information content (AvgIpc) is 2.74. The van der Waals surface area contributed by atoms with E-state index in [4.69, 9.17) is 25.8 Å². The summed E-state index contributed by atoms with van der Waals surface area (Å²) in [5, 5.41) is 0.551. The maximum atomic E-state index is 6.02. The maximum absolute atomic E-state index is 6.02. The molecule has 1 fully saturated rings. The highest BCUT2D eigenvalue weighted by Gasteiger charge is 2.22. The molecule has 0 aromatic heterocycles. The van der Waals surface area contributed by atoms with Gasteiger partial charge in [-0.05, 0) is 12.1 Å². The van der Waals surface area contributed by atoms with Crippen LogP contribution in [0.3, 0.4) is 0 Å². The molecule has 0 unspecified atom stereocenters. The summed E-state index contributed by atoms with van der Waals surface area (Å²) in [6.45, 7) is 1.22. The zero-order valence-corrected chi connectivity index (χ0v) is 10.5. The molecular formula is C10H10BrClO3. The van der Waals surface area contributed by atoms with E-state index in [9.17, 15) is 0 Å². The quantitative estimate of drug-likeness (QED) is 0.838. The Morgan fingerprint density at radius 1 is 1.40 bits per heavy atom. The van der Waals surface area contributed by atoms with Crippen LogP contribution in [-0.4, -0.2) is 20.3 Å². The zero-order chi connectivity index (χ0) is 10.8. The highest BCUT2D eigenvalue weighted by Crippen LogP contribution is 2.36. The topological polar surface area (TPSA) is 27.7 Å². The van der Waals surface area contributed by atoms with Gasteiger partial charge in [0.25, 0.3) is 0 Å². The van der Waals surface area contributed by atoms with Crippen molar-refractivity contribution in [2.45, 2.75) is 6.29 Å². The predicted octanol–water partition coefficient (Wildman–Crippen LogP) is 3.16. The van der Waals surface area contributed by atoms with E-state index >= 15 is 0 Å². The van der Waals surface area contributed by atoms with E-state index in [-0.39, 0.29) is 6.29 Å². The Labute approximate surface area is 101 Å². The minimum atomic E-state index is -0.331. The Morgan fingerprint density at radius 3 is 2.67 bits per heavy atom. The summed E-state index contributed by atoms with van der Waals surface area (Å²) in [6.07, 6.45) is -0.331. The van der Waals surface area contributed by atoms with Gasteiger partial charge in [0.05, 0.1) is 25.3 Å². The lowest BCUT2D eigenvalue weighted by molar-refractivity contribution is -0.0446. The van der Waals surface area contributed by atoms with Crippen LogP contribution in [0.1, 0.15) is 11.9 Å². The summed E-state index contributed by atoms with van der Waals surface area (Å²) >= 11 is 9.46. The fourth-order valence-corrected chi connectivity index (χ4v) is 2.18. The van der Waals surface area contributed by atoms with Crippen LogP contribution in [-0.2, 0) is 9.47 Å². The van der Waals surface area contributed by atoms with Crippen LogP contribution in [0.15, 0.2) is 16.6 Å². The normalized spacial score (nSPS) is 17.0. The van der Waals surface area contributed by atoms with Crippen LogP contribution in [0.25, 0.3) is 0 Å². The summed E-state index contributed by atoms with van der Waals surface area (Å²) in [4.78, 5) is 0. The lowest BCUT2D eigenvalue weighted by Gasteiger charge is -2.13. The number of methoxy groups -OCH3 is 1. The smallest absolute Gasteiger partial charge is 0.185 e. The van der Waals surface area contributed by atoms with Gasteiger partial charge in [-0.2, -0.15) is 0 Å². The van der Waals surface area contributed by atoms with Crippen molar-refractivity contribution in [3.63, 3.8) is 0 Å². The van der Waals surface area contributed by atoms with Crippen molar-refractivity contribution in [2.75, 3.05) is 20.3 Å². The van der Waals surface area contributed by atoms with Gasteiger partial charge in [-0.1, -0.05) is 27.5 Å². The highest BCUT2D eigenvalue weighted by atomic mass is 79.9. The largest absolute Gasteiger partial charge is 0.495 e. The van der Waals surface area contributed by atoms with Crippen LogP contribution in [0.4, 0.5) is 0 Å². The monoisotopic (exact) mass is 292 g/mol. The van der Waals surface area contributed by atoms with E-state index in [0.717, 1.165) is 10.0 Å². The third-order valence-electron chi connectivity index (χ3n) is 2.15. The SMILES string of the molecule is COc1cc(Br)c(C2OCCO2)cc1Cl. The van der Waals surface area contributed by atoms with E-state index in [1.165, 1.54) is 0 Å². The first-order valence-corrected chi connectivity index (χ1v) is 5.65. The van der Waals surface area contributed by atoms with Gasteiger partial charge in [0.1, 0.15) is 5.75 Å². The number of hydrogen-bond acceptors (Lipinski definition) is 3. The van der Waals surface area contributed by atoms with Gasteiger partial charge < -0.3 is 14.2 Å². The third kappa shape index (κ3) is 2.28. The van der Waals surface area contributed by atoms with Crippen molar-refractivity contribution in [2.24, 2.45) is 0 Å². The van der Waals surface area contributed by atoms with Crippen molar-refractivity contribution in [3.8, 4) is 5.75 Å². The molecule has 0 spiro atoms. The summed E-state index contributed by atoms with van der Waals surface area (Å²) in [5.74, 6) is 0.630. The Balaban J connectivity index is 2.35. The molecule has 15 heavy (non-hydrogen) atoms. The molecule has 82 valence electrons. The molecule has 1 aromatic carbocycles. The minimum absolute atomic E-state index is 0.331. The number of ether oxygens (including phenoxy) is 3. The lowest BCUT2D eigenvalue weighted by atomic mass is 10.2. The van der Waals surface area contributed by atoms with Crippen LogP contribution in [0.5, 0.6) is 5.75 Å². The average molecular weight is 294 g/mol. The molecule has 1 aromatic rings. The fraction of sp³-hybridized carbons (Fsp3) is 0.400. The van der Waals surface area contributed by atoms with Crippen molar-refractivity contribution in [3.05, 3.63) is 27.2 Å². The van der Waals surface area contributed by atoms with Gasteiger partial charge in [-0.3, -0.25) is 0 Å². The molecule has 0 saturated carbocycles. The van der Waals surface area contributed by atoms with Crippen LogP contribution in [0.2, 0.25) is 5.02 Å². The summed E-state index contributed by atoms with van der Waals surface area (Å²) < 4.78 is 16.8. The van der Waals surface area contributed by atoms with Crippen LogP contribution < -0.4 is 4.74 Å². The molecule has 0 aliphatic carbocycles. The Kier molecular flexibility index (Phi) is 3.51. The van der Waals surface area contributed by atoms with E-state index < -0.39 is 0 Å². The van der Waals surface area contributed by atoms with Crippen molar-refractivity contribution >= 4 is 27.5 Å². The molecule has 1 aliphatic rings. The van der Waals surface area contributed by atoms with Crippen molar-refractivity contribution < 1.29 is 14.2 Å². The molecular weight excluding hydrogens is 283 g/mol. The second-order valence-corrected chi connectivity index (χ2v) is 4.34. The lowest BCUT2D eigenvalue weighted by Crippen LogP contribution is -2.00.